The summed E-state index contributed by atoms with van der Waals surface area (Å²) in [7, 11) is -3.23. The molecule has 1 N–H and O–H groups in total. The molecule has 0 spiro atoms. The van der Waals surface area contributed by atoms with Crippen molar-refractivity contribution in [1.82, 2.24) is 9.62 Å². The van der Waals surface area contributed by atoms with Gasteiger partial charge >= 0.3 is 0 Å². The summed E-state index contributed by atoms with van der Waals surface area (Å²) in [5, 5.41) is 2.99. The zero-order chi connectivity index (χ0) is 16.3. The Hall–Kier alpha value is -0.920. The molecule has 2 rings (SSSR count). The van der Waals surface area contributed by atoms with Gasteiger partial charge in [0.1, 0.15) is 0 Å². The molecular weight excluding hydrogens is 368 g/mol. The maximum Gasteiger partial charge on any atom is 0.224 e. The van der Waals surface area contributed by atoms with Crippen LogP contribution in [0.4, 0.5) is 0 Å². The first kappa shape index (κ1) is 17.4. The van der Waals surface area contributed by atoms with Gasteiger partial charge in [0.25, 0.3) is 0 Å². The molecule has 1 amide bonds. The second-order valence-corrected chi connectivity index (χ2v) is 8.55. The summed E-state index contributed by atoms with van der Waals surface area (Å²) in [5.41, 5.74) is 1.01. The van der Waals surface area contributed by atoms with E-state index in [4.69, 9.17) is 0 Å². The monoisotopic (exact) mass is 388 g/mol. The molecule has 1 aromatic carbocycles. The van der Waals surface area contributed by atoms with E-state index in [1.54, 1.807) is 0 Å². The fourth-order valence-electron chi connectivity index (χ4n) is 2.69. The summed E-state index contributed by atoms with van der Waals surface area (Å²) in [6.45, 7) is 2.70. The molecule has 1 aliphatic rings. The summed E-state index contributed by atoms with van der Waals surface area (Å²) in [6, 6.07) is 7.61. The SMILES string of the molecule is CC(NC(=O)C1CCCN(S(C)(=O)=O)C1)c1ccccc1Br. The number of carbonyl (C=O) groups excluding carboxylic acids is 1. The molecule has 1 heterocycles. The third-order valence-electron chi connectivity index (χ3n) is 3.95. The van der Waals surface area contributed by atoms with E-state index in [0.717, 1.165) is 16.5 Å². The van der Waals surface area contributed by atoms with Crippen LogP contribution >= 0.6 is 15.9 Å². The van der Waals surface area contributed by atoms with Crippen molar-refractivity contribution >= 4 is 31.9 Å². The lowest BCUT2D eigenvalue weighted by Crippen LogP contribution is -2.45. The Kier molecular flexibility index (Phi) is 5.63. The van der Waals surface area contributed by atoms with Crippen LogP contribution in [0, 0.1) is 5.92 Å². The first-order valence-corrected chi connectivity index (χ1v) is 9.93. The van der Waals surface area contributed by atoms with Crippen LogP contribution in [0.5, 0.6) is 0 Å². The Bertz CT molecular complexity index is 648. The van der Waals surface area contributed by atoms with Crippen molar-refractivity contribution in [1.29, 1.82) is 0 Å². The maximum absolute atomic E-state index is 12.4. The molecule has 1 aromatic rings. The summed E-state index contributed by atoms with van der Waals surface area (Å²) in [6.07, 6.45) is 2.63. The van der Waals surface area contributed by atoms with Crippen LogP contribution < -0.4 is 5.32 Å². The fourth-order valence-corrected chi connectivity index (χ4v) is 4.23. The summed E-state index contributed by atoms with van der Waals surface area (Å²) < 4.78 is 25.6. The minimum Gasteiger partial charge on any atom is -0.349 e. The molecule has 0 saturated carbocycles. The van der Waals surface area contributed by atoms with Gasteiger partial charge in [0, 0.05) is 17.6 Å². The largest absolute Gasteiger partial charge is 0.349 e. The van der Waals surface area contributed by atoms with Gasteiger partial charge in [-0.15, -0.1) is 0 Å². The molecule has 0 bridgehead atoms. The summed E-state index contributed by atoms with van der Waals surface area (Å²) in [4.78, 5) is 12.4. The molecule has 122 valence electrons. The minimum atomic E-state index is -3.23. The lowest BCUT2D eigenvalue weighted by molar-refractivity contribution is -0.126. The molecule has 0 aromatic heterocycles. The van der Waals surface area contributed by atoms with Crippen molar-refractivity contribution in [3.05, 3.63) is 34.3 Å². The molecule has 2 atom stereocenters. The van der Waals surface area contributed by atoms with Crippen molar-refractivity contribution in [2.45, 2.75) is 25.8 Å². The number of nitrogens with one attached hydrogen (secondary N) is 1. The molecule has 1 saturated heterocycles. The number of rotatable bonds is 4. The van der Waals surface area contributed by atoms with Crippen molar-refractivity contribution in [2.24, 2.45) is 5.92 Å². The molecule has 2 unspecified atom stereocenters. The van der Waals surface area contributed by atoms with E-state index in [0.29, 0.717) is 13.0 Å². The number of sulfonamides is 1. The van der Waals surface area contributed by atoms with Crippen LogP contribution in [-0.4, -0.2) is 38.0 Å². The second kappa shape index (κ2) is 7.10. The number of benzene rings is 1. The van der Waals surface area contributed by atoms with Gasteiger partial charge in [-0.05, 0) is 31.4 Å². The highest BCUT2D eigenvalue weighted by molar-refractivity contribution is 9.10. The molecule has 5 nitrogen and oxygen atoms in total. The fraction of sp³-hybridized carbons (Fsp3) is 0.533. The van der Waals surface area contributed by atoms with Gasteiger partial charge in [0.2, 0.25) is 15.9 Å². The predicted octanol–water partition coefficient (Wildman–Crippen LogP) is 2.30. The standard InChI is InChI=1S/C15H21BrN2O3S/c1-11(13-7-3-4-8-14(13)16)17-15(19)12-6-5-9-18(10-12)22(2,20)21/h3-4,7-8,11-12H,5-6,9-10H2,1-2H3,(H,17,19). The summed E-state index contributed by atoms with van der Waals surface area (Å²) >= 11 is 3.48. The van der Waals surface area contributed by atoms with Crippen LogP contribution in [0.1, 0.15) is 31.4 Å². The van der Waals surface area contributed by atoms with Gasteiger partial charge in [0.05, 0.1) is 18.2 Å². The van der Waals surface area contributed by atoms with Gasteiger partial charge in [-0.3, -0.25) is 4.79 Å². The van der Waals surface area contributed by atoms with E-state index in [1.807, 2.05) is 31.2 Å². The molecule has 1 aliphatic heterocycles. The molecule has 22 heavy (non-hydrogen) atoms. The maximum atomic E-state index is 12.4. The van der Waals surface area contributed by atoms with Crippen molar-refractivity contribution < 1.29 is 13.2 Å². The smallest absolute Gasteiger partial charge is 0.224 e. The molecule has 0 aliphatic carbocycles. The third kappa shape index (κ3) is 4.30. The van der Waals surface area contributed by atoms with E-state index in [2.05, 4.69) is 21.2 Å². The lowest BCUT2D eigenvalue weighted by atomic mass is 9.98. The van der Waals surface area contributed by atoms with Crippen molar-refractivity contribution in [3.8, 4) is 0 Å². The van der Waals surface area contributed by atoms with E-state index < -0.39 is 10.0 Å². The van der Waals surface area contributed by atoms with E-state index in [-0.39, 0.29) is 24.4 Å². The highest BCUT2D eigenvalue weighted by atomic mass is 79.9. The molecular formula is C15H21BrN2O3S. The number of hydrogen-bond donors (Lipinski definition) is 1. The highest BCUT2D eigenvalue weighted by Gasteiger charge is 2.30. The Labute approximate surface area is 140 Å². The van der Waals surface area contributed by atoms with Crippen molar-refractivity contribution in [2.75, 3.05) is 19.3 Å². The number of halogens is 1. The summed E-state index contributed by atoms with van der Waals surface area (Å²) in [5.74, 6) is -0.370. The number of hydrogen-bond acceptors (Lipinski definition) is 3. The van der Waals surface area contributed by atoms with Crippen molar-refractivity contribution in [3.63, 3.8) is 0 Å². The number of carbonyl (C=O) groups is 1. The van der Waals surface area contributed by atoms with Crippen LogP contribution in [0.25, 0.3) is 0 Å². The van der Waals surface area contributed by atoms with Crippen LogP contribution in [0.3, 0.4) is 0 Å². The third-order valence-corrected chi connectivity index (χ3v) is 5.95. The number of piperidine rings is 1. The van der Waals surface area contributed by atoms with Crippen LogP contribution in [0.15, 0.2) is 28.7 Å². The predicted molar refractivity (Wildman–Crippen MR) is 89.8 cm³/mol. The van der Waals surface area contributed by atoms with Gasteiger partial charge in [-0.25, -0.2) is 12.7 Å². The Morgan fingerprint density at radius 1 is 1.41 bits per heavy atom. The Morgan fingerprint density at radius 3 is 2.73 bits per heavy atom. The molecule has 0 radical (unpaired) electrons. The number of nitrogens with zero attached hydrogens (tertiary/aromatic N) is 1. The average molecular weight is 389 g/mol. The van der Waals surface area contributed by atoms with Gasteiger partial charge in [0.15, 0.2) is 0 Å². The van der Waals surface area contributed by atoms with E-state index in [9.17, 15) is 13.2 Å². The van der Waals surface area contributed by atoms with E-state index >= 15 is 0 Å². The quantitative estimate of drug-likeness (QED) is 0.860. The minimum absolute atomic E-state index is 0.0865. The highest BCUT2D eigenvalue weighted by Crippen LogP contribution is 2.24. The zero-order valence-electron chi connectivity index (χ0n) is 12.8. The van der Waals surface area contributed by atoms with Crippen LogP contribution in [0.2, 0.25) is 0 Å². The number of amides is 1. The zero-order valence-corrected chi connectivity index (χ0v) is 15.2. The van der Waals surface area contributed by atoms with Gasteiger partial charge in [-0.2, -0.15) is 0 Å². The normalized spacial score (nSPS) is 21.3. The average Bonchev–Trinajstić information content (AvgIpc) is 2.46. The van der Waals surface area contributed by atoms with Gasteiger partial charge in [-0.1, -0.05) is 34.1 Å². The van der Waals surface area contributed by atoms with Gasteiger partial charge < -0.3 is 5.32 Å². The first-order valence-electron chi connectivity index (χ1n) is 7.29. The van der Waals surface area contributed by atoms with E-state index in [1.165, 1.54) is 10.6 Å². The Morgan fingerprint density at radius 2 is 2.09 bits per heavy atom. The Balaban J connectivity index is 2.01. The topological polar surface area (TPSA) is 66.5 Å². The first-order chi connectivity index (χ1) is 10.3. The second-order valence-electron chi connectivity index (χ2n) is 5.71. The molecule has 1 fully saturated rings. The lowest BCUT2D eigenvalue weighted by Gasteiger charge is -2.31. The molecule has 7 heteroatoms. The van der Waals surface area contributed by atoms with Crippen LogP contribution in [-0.2, 0) is 14.8 Å².